The molecule has 0 aromatic rings. The molecule has 0 spiro atoms. The topological polar surface area (TPSA) is 89.3 Å². The first-order valence-corrected chi connectivity index (χ1v) is 5.85. The first kappa shape index (κ1) is 12.5. The Balaban J connectivity index is 2.11. The van der Waals surface area contributed by atoms with Gasteiger partial charge in [-0.25, -0.2) is 0 Å². The van der Waals surface area contributed by atoms with E-state index in [1.54, 1.807) is 0 Å². The first-order chi connectivity index (χ1) is 7.11. The van der Waals surface area contributed by atoms with Gasteiger partial charge in [-0.05, 0) is 38.0 Å². The quantitative estimate of drug-likeness (QED) is 0.617. The van der Waals surface area contributed by atoms with E-state index in [-0.39, 0.29) is 6.04 Å². The van der Waals surface area contributed by atoms with Gasteiger partial charge in [0.15, 0.2) is 0 Å². The number of hydrogen-bond acceptors (Lipinski definition) is 3. The van der Waals surface area contributed by atoms with Crippen LogP contribution >= 0.6 is 0 Å². The van der Waals surface area contributed by atoms with E-state index in [0.717, 1.165) is 12.8 Å². The van der Waals surface area contributed by atoms with Gasteiger partial charge in [-0.1, -0.05) is 12.8 Å². The van der Waals surface area contributed by atoms with Crippen LogP contribution in [0.3, 0.4) is 0 Å². The average Bonchev–Trinajstić information content (AvgIpc) is 2.70. The van der Waals surface area contributed by atoms with Crippen molar-refractivity contribution in [3.05, 3.63) is 0 Å². The average molecular weight is 214 g/mol. The summed E-state index contributed by atoms with van der Waals surface area (Å²) in [5.74, 6) is -0.254. The summed E-state index contributed by atoms with van der Waals surface area (Å²) in [6.07, 6.45) is 7.35. The highest BCUT2D eigenvalue weighted by Crippen LogP contribution is 2.28. The molecule has 2 atom stereocenters. The van der Waals surface area contributed by atoms with Gasteiger partial charge in [0, 0.05) is 6.04 Å². The second-order valence-electron chi connectivity index (χ2n) is 4.58. The Morgan fingerprint density at radius 2 is 1.87 bits per heavy atom. The zero-order valence-corrected chi connectivity index (χ0v) is 9.19. The largest absolute Gasteiger partial charge is 0.480 e. The molecule has 0 radical (unpaired) electrons. The lowest BCUT2D eigenvalue weighted by atomic mass is 9.94. The molecule has 4 heteroatoms. The molecule has 5 N–H and O–H groups in total. The second-order valence-corrected chi connectivity index (χ2v) is 4.58. The fourth-order valence-corrected chi connectivity index (χ4v) is 2.32. The molecule has 1 saturated carbocycles. The van der Waals surface area contributed by atoms with Crippen LogP contribution in [0.2, 0.25) is 0 Å². The third kappa shape index (κ3) is 4.18. The lowest BCUT2D eigenvalue weighted by molar-refractivity contribution is -0.138. The minimum atomic E-state index is -0.913. The fraction of sp³-hybridized carbons (Fsp3) is 0.909. The van der Waals surface area contributed by atoms with Crippen molar-refractivity contribution in [2.24, 2.45) is 17.4 Å². The zero-order valence-electron chi connectivity index (χ0n) is 9.19. The molecule has 0 bridgehead atoms. The number of hydrogen-bond donors (Lipinski definition) is 3. The Morgan fingerprint density at radius 1 is 1.27 bits per heavy atom. The molecule has 0 amide bonds. The van der Waals surface area contributed by atoms with E-state index in [0.29, 0.717) is 12.3 Å². The van der Waals surface area contributed by atoms with Crippen LogP contribution in [-0.4, -0.2) is 23.2 Å². The molecule has 88 valence electrons. The summed E-state index contributed by atoms with van der Waals surface area (Å²) in [6.45, 7) is 0. The van der Waals surface area contributed by atoms with Crippen LogP contribution in [0.5, 0.6) is 0 Å². The summed E-state index contributed by atoms with van der Waals surface area (Å²) in [5, 5.41) is 8.60. The molecule has 0 aromatic carbocycles. The van der Waals surface area contributed by atoms with Crippen molar-refractivity contribution in [3.8, 4) is 0 Å². The monoisotopic (exact) mass is 214 g/mol. The number of rotatable bonds is 6. The van der Waals surface area contributed by atoms with Crippen molar-refractivity contribution >= 4 is 5.97 Å². The van der Waals surface area contributed by atoms with Crippen LogP contribution in [0, 0.1) is 5.92 Å². The Labute approximate surface area is 91.0 Å². The predicted octanol–water partition coefficient (Wildman–Crippen LogP) is 1.09. The Kier molecular flexibility index (Phi) is 5.05. The summed E-state index contributed by atoms with van der Waals surface area (Å²) in [6, 6.07) is -0.478. The van der Waals surface area contributed by atoms with Crippen molar-refractivity contribution in [1.82, 2.24) is 0 Å². The van der Waals surface area contributed by atoms with Crippen LogP contribution in [0.25, 0.3) is 0 Å². The Morgan fingerprint density at radius 3 is 2.40 bits per heavy atom. The van der Waals surface area contributed by atoms with E-state index in [1.165, 1.54) is 25.7 Å². The fourth-order valence-electron chi connectivity index (χ4n) is 2.32. The van der Waals surface area contributed by atoms with Gasteiger partial charge in [0.2, 0.25) is 0 Å². The number of carboxylic acids is 1. The standard InChI is InChI=1S/C11H22N2O2/c12-9(8-4-1-2-5-8)6-3-7-10(13)11(14)15/h8-10H,1-7,12-13H2,(H,14,15)/t9?,10-/m0/s1. The maximum atomic E-state index is 10.5. The smallest absolute Gasteiger partial charge is 0.320 e. The SMILES string of the molecule is NC(CCC[C@H](N)C(=O)O)C1CCCC1. The lowest BCUT2D eigenvalue weighted by Gasteiger charge is -2.18. The molecule has 4 nitrogen and oxygen atoms in total. The van der Waals surface area contributed by atoms with E-state index in [4.69, 9.17) is 16.6 Å². The predicted molar refractivity (Wildman–Crippen MR) is 59.4 cm³/mol. The van der Waals surface area contributed by atoms with E-state index in [9.17, 15) is 4.79 Å². The third-order valence-electron chi connectivity index (χ3n) is 3.38. The molecular weight excluding hydrogens is 192 g/mol. The van der Waals surface area contributed by atoms with Gasteiger partial charge in [0.05, 0.1) is 0 Å². The summed E-state index contributed by atoms with van der Waals surface area (Å²) >= 11 is 0. The number of aliphatic carboxylic acids is 1. The Bertz CT molecular complexity index is 203. The molecule has 1 fully saturated rings. The van der Waals surface area contributed by atoms with E-state index in [1.807, 2.05) is 0 Å². The lowest BCUT2D eigenvalue weighted by Crippen LogP contribution is -2.32. The Hall–Kier alpha value is -0.610. The molecule has 0 heterocycles. The van der Waals surface area contributed by atoms with Crippen LogP contribution < -0.4 is 11.5 Å². The van der Waals surface area contributed by atoms with Gasteiger partial charge < -0.3 is 16.6 Å². The normalized spacial score (nSPS) is 21.5. The highest BCUT2D eigenvalue weighted by atomic mass is 16.4. The molecule has 1 rings (SSSR count). The van der Waals surface area contributed by atoms with Crippen LogP contribution in [0.1, 0.15) is 44.9 Å². The van der Waals surface area contributed by atoms with Crippen molar-refractivity contribution < 1.29 is 9.90 Å². The highest BCUT2D eigenvalue weighted by Gasteiger charge is 2.22. The van der Waals surface area contributed by atoms with E-state index >= 15 is 0 Å². The maximum Gasteiger partial charge on any atom is 0.320 e. The molecular formula is C11H22N2O2. The maximum absolute atomic E-state index is 10.5. The van der Waals surface area contributed by atoms with Crippen LogP contribution in [0.15, 0.2) is 0 Å². The molecule has 0 aliphatic heterocycles. The van der Waals surface area contributed by atoms with E-state index < -0.39 is 12.0 Å². The zero-order chi connectivity index (χ0) is 11.3. The minimum absolute atomic E-state index is 0.244. The van der Waals surface area contributed by atoms with Gasteiger partial charge in [-0.15, -0.1) is 0 Å². The summed E-state index contributed by atoms with van der Waals surface area (Å²) in [4.78, 5) is 10.5. The van der Waals surface area contributed by atoms with Gasteiger partial charge in [0.25, 0.3) is 0 Å². The van der Waals surface area contributed by atoms with Gasteiger partial charge >= 0.3 is 5.97 Å². The second kappa shape index (κ2) is 6.08. The van der Waals surface area contributed by atoms with Crippen LogP contribution in [-0.2, 0) is 4.79 Å². The molecule has 1 unspecified atom stereocenters. The van der Waals surface area contributed by atoms with Crippen molar-refractivity contribution in [2.75, 3.05) is 0 Å². The van der Waals surface area contributed by atoms with E-state index in [2.05, 4.69) is 0 Å². The molecule has 1 aliphatic rings. The van der Waals surface area contributed by atoms with Crippen molar-refractivity contribution in [1.29, 1.82) is 0 Å². The minimum Gasteiger partial charge on any atom is -0.480 e. The van der Waals surface area contributed by atoms with Crippen molar-refractivity contribution in [2.45, 2.75) is 57.0 Å². The summed E-state index contributed by atoms with van der Waals surface area (Å²) in [5.41, 5.74) is 11.5. The molecule has 0 aromatic heterocycles. The first-order valence-electron chi connectivity index (χ1n) is 5.85. The number of carbonyl (C=O) groups is 1. The van der Waals surface area contributed by atoms with Crippen LogP contribution in [0.4, 0.5) is 0 Å². The highest BCUT2D eigenvalue weighted by molar-refractivity contribution is 5.72. The summed E-state index contributed by atoms with van der Waals surface area (Å²) in [7, 11) is 0. The number of nitrogens with two attached hydrogens (primary N) is 2. The molecule has 1 aliphatic carbocycles. The summed E-state index contributed by atoms with van der Waals surface area (Å²) < 4.78 is 0. The molecule has 15 heavy (non-hydrogen) atoms. The van der Waals surface area contributed by atoms with Gasteiger partial charge in [-0.3, -0.25) is 4.79 Å². The van der Waals surface area contributed by atoms with Gasteiger partial charge in [-0.2, -0.15) is 0 Å². The van der Waals surface area contributed by atoms with Gasteiger partial charge in [0.1, 0.15) is 6.04 Å². The third-order valence-corrected chi connectivity index (χ3v) is 3.38. The number of carboxylic acid groups (broad SMARTS) is 1. The van der Waals surface area contributed by atoms with Crippen molar-refractivity contribution in [3.63, 3.8) is 0 Å². The molecule has 0 saturated heterocycles.